The minimum absolute atomic E-state index is 0.0593. The van der Waals surface area contributed by atoms with Crippen molar-refractivity contribution in [2.45, 2.75) is 13.0 Å². The fourth-order valence-electron chi connectivity index (χ4n) is 1.52. The molecule has 0 aliphatic rings. The minimum atomic E-state index is -0.762. The highest BCUT2D eigenvalue weighted by Crippen LogP contribution is 2.23. The van der Waals surface area contributed by atoms with Crippen LogP contribution >= 0.6 is 0 Å². The number of carbonyl (C=O) groups is 1. The fourth-order valence-corrected chi connectivity index (χ4v) is 1.52. The number of amides is 1. The standard InChI is InChI=1S/C13H18F2N2O2/c1-16-8-9-6-10(14)13(11(15)7-9)19-5-4-12(18)17(2)3/h6-7,16H,4-5,8H2,1-3H3. The molecule has 0 atom stereocenters. The first-order valence-electron chi connectivity index (χ1n) is 5.91. The summed E-state index contributed by atoms with van der Waals surface area (Å²) in [4.78, 5) is 12.7. The molecule has 1 amide bonds. The fraction of sp³-hybridized carbons (Fsp3) is 0.462. The molecule has 0 heterocycles. The molecule has 106 valence electrons. The predicted octanol–water partition coefficient (Wildman–Crippen LogP) is 1.54. The van der Waals surface area contributed by atoms with E-state index in [0.717, 1.165) is 0 Å². The van der Waals surface area contributed by atoms with Crippen LogP contribution in [-0.2, 0) is 11.3 Å². The quantitative estimate of drug-likeness (QED) is 0.854. The molecule has 0 fully saturated rings. The number of nitrogens with zero attached hydrogens (tertiary/aromatic N) is 1. The van der Waals surface area contributed by atoms with Gasteiger partial charge in [-0.2, -0.15) is 0 Å². The molecule has 1 rings (SSSR count). The number of hydrogen-bond acceptors (Lipinski definition) is 3. The van der Waals surface area contributed by atoms with E-state index in [0.29, 0.717) is 12.1 Å². The van der Waals surface area contributed by atoms with Crippen LogP contribution in [0.5, 0.6) is 5.75 Å². The molecule has 0 aliphatic heterocycles. The Balaban J connectivity index is 2.66. The Morgan fingerprint density at radius 2 is 1.89 bits per heavy atom. The van der Waals surface area contributed by atoms with E-state index >= 15 is 0 Å². The highest BCUT2D eigenvalue weighted by Gasteiger charge is 2.13. The summed E-state index contributed by atoms with van der Waals surface area (Å²) >= 11 is 0. The third kappa shape index (κ3) is 4.48. The second-order valence-electron chi connectivity index (χ2n) is 4.31. The Bertz CT molecular complexity index is 427. The van der Waals surface area contributed by atoms with Crippen LogP contribution in [0.3, 0.4) is 0 Å². The van der Waals surface area contributed by atoms with Crippen molar-refractivity contribution in [1.82, 2.24) is 10.2 Å². The zero-order valence-electron chi connectivity index (χ0n) is 11.3. The second kappa shape index (κ2) is 7.04. The molecule has 0 bridgehead atoms. The SMILES string of the molecule is CNCc1cc(F)c(OCCC(=O)N(C)C)c(F)c1. The largest absolute Gasteiger partial charge is 0.487 e. The summed E-state index contributed by atoms with van der Waals surface area (Å²) in [5.74, 6) is -2.12. The van der Waals surface area contributed by atoms with Crippen LogP contribution in [0.1, 0.15) is 12.0 Å². The van der Waals surface area contributed by atoms with Gasteiger partial charge in [0.1, 0.15) is 0 Å². The Kier molecular flexibility index (Phi) is 5.69. The molecule has 19 heavy (non-hydrogen) atoms. The van der Waals surface area contributed by atoms with Gasteiger partial charge in [-0.1, -0.05) is 0 Å². The number of halogens is 2. The van der Waals surface area contributed by atoms with Gasteiger partial charge in [0, 0.05) is 20.6 Å². The molecular formula is C13H18F2N2O2. The van der Waals surface area contributed by atoms with Crippen LogP contribution in [0.4, 0.5) is 8.78 Å². The number of carbonyl (C=O) groups excluding carboxylic acids is 1. The molecule has 4 nitrogen and oxygen atoms in total. The lowest BCUT2D eigenvalue weighted by Gasteiger charge is -2.12. The van der Waals surface area contributed by atoms with Gasteiger partial charge in [-0.25, -0.2) is 8.78 Å². The van der Waals surface area contributed by atoms with Crippen molar-refractivity contribution in [2.75, 3.05) is 27.7 Å². The molecule has 0 spiro atoms. The zero-order chi connectivity index (χ0) is 14.4. The van der Waals surface area contributed by atoms with Gasteiger partial charge in [-0.15, -0.1) is 0 Å². The van der Waals surface area contributed by atoms with Crippen molar-refractivity contribution >= 4 is 5.91 Å². The maximum absolute atomic E-state index is 13.6. The van der Waals surface area contributed by atoms with Crippen molar-refractivity contribution in [3.05, 3.63) is 29.3 Å². The molecule has 0 saturated heterocycles. The monoisotopic (exact) mass is 272 g/mol. The maximum atomic E-state index is 13.6. The zero-order valence-corrected chi connectivity index (χ0v) is 11.3. The van der Waals surface area contributed by atoms with Gasteiger partial charge >= 0.3 is 0 Å². The van der Waals surface area contributed by atoms with E-state index in [-0.39, 0.29) is 18.9 Å². The van der Waals surface area contributed by atoms with Crippen molar-refractivity contribution in [3.63, 3.8) is 0 Å². The van der Waals surface area contributed by atoms with Crippen molar-refractivity contribution in [2.24, 2.45) is 0 Å². The molecule has 1 N–H and O–H groups in total. The van der Waals surface area contributed by atoms with Crippen molar-refractivity contribution in [1.29, 1.82) is 0 Å². The van der Waals surface area contributed by atoms with Gasteiger partial charge in [-0.05, 0) is 24.7 Å². The van der Waals surface area contributed by atoms with Crippen LogP contribution in [0.2, 0.25) is 0 Å². The van der Waals surface area contributed by atoms with Crippen LogP contribution in [-0.4, -0.2) is 38.6 Å². The van der Waals surface area contributed by atoms with E-state index in [2.05, 4.69) is 5.32 Å². The number of nitrogens with one attached hydrogen (secondary N) is 1. The lowest BCUT2D eigenvalue weighted by Crippen LogP contribution is -2.23. The van der Waals surface area contributed by atoms with Crippen LogP contribution in [0.25, 0.3) is 0 Å². The summed E-state index contributed by atoms with van der Waals surface area (Å²) in [5, 5.41) is 2.80. The van der Waals surface area contributed by atoms with E-state index in [9.17, 15) is 13.6 Å². The highest BCUT2D eigenvalue weighted by atomic mass is 19.1. The number of rotatable bonds is 6. The van der Waals surface area contributed by atoms with Gasteiger partial charge in [0.15, 0.2) is 17.4 Å². The van der Waals surface area contributed by atoms with Crippen LogP contribution in [0, 0.1) is 11.6 Å². The van der Waals surface area contributed by atoms with Gasteiger partial charge in [0.2, 0.25) is 5.91 Å². The number of ether oxygens (including phenoxy) is 1. The number of benzene rings is 1. The second-order valence-corrected chi connectivity index (χ2v) is 4.31. The van der Waals surface area contributed by atoms with E-state index < -0.39 is 17.4 Å². The molecule has 0 unspecified atom stereocenters. The first-order chi connectivity index (χ1) is 8.95. The summed E-state index contributed by atoms with van der Waals surface area (Å²) in [6, 6.07) is 2.42. The molecule has 0 aromatic heterocycles. The average Bonchev–Trinajstić information content (AvgIpc) is 2.32. The van der Waals surface area contributed by atoms with E-state index in [1.165, 1.54) is 17.0 Å². The Morgan fingerprint density at radius 3 is 2.37 bits per heavy atom. The molecule has 6 heteroatoms. The Morgan fingerprint density at radius 1 is 1.32 bits per heavy atom. The van der Waals surface area contributed by atoms with Crippen LogP contribution < -0.4 is 10.1 Å². The van der Waals surface area contributed by atoms with Crippen LogP contribution in [0.15, 0.2) is 12.1 Å². The summed E-state index contributed by atoms with van der Waals surface area (Å²) < 4.78 is 32.3. The summed E-state index contributed by atoms with van der Waals surface area (Å²) in [7, 11) is 4.90. The topological polar surface area (TPSA) is 41.6 Å². The van der Waals surface area contributed by atoms with Gasteiger partial charge in [0.25, 0.3) is 0 Å². The number of hydrogen-bond donors (Lipinski definition) is 1. The molecule has 0 aliphatic carbocycles. The third-order valence-electron chi connectivity index (χ3n) is 2.50. The van der Waals surface area contributed by atoms with Gasteiger partial charge in [-0.3, -0.25) is 4.79 Å². The van der Waals surface area contributed by atoms with E-state index in [1.807, 2.05) is 0 Å². The van der Waals surface area contributed by atoms with E-state index in [1.54, 1.807) is 21.1 Å². The minimum Gasteiger partial charge on any atom is -0.487 e. The summed E-state index contributed by atoms with van der Waals surface area (Å²) in [5.41, 5.74) is 0.495. The van der Waals surface area contributed by atoms with E-state index in [4.69, 9.17) is 4.74 Å². The molecule has 1 aromatic rings. The third-order valence-corrected chi connectivity index (χ3v) is 2.50. The first-order valence-corrected chi connectivity index (χ1v) is 5.91. The van der Waals surface area contributed by atoms with Gasteiger partial charge in [0.05, 0.1) is 13.0 Å². The Labute approximate surface area is 111 Å². The molecule has 0 radical (unpaired) electrons. The summed E-state index contributed by atoms with van der Waals surface area (Å²) in [6.07, 6.45) is 0.0736. The molecule has 0 saturated carbocycles. The highest BCUT2D eigenvalue weighted by molar-refractivity contribution is 5.75. The Hall–Kier alpha value is -1.69. The normalized spacial score (nSPS) is 10.4. The van der Waals surface area contributed by atoms with Crippen molar-refractivity contribution < 1.29 is 18.3 Å². The lowest BCUT2D eigenvalue weighted by molar-refractivity contribution is -0.129. The van der Waals surface area contributed by atoms with Crippen molar-refractivity contribution in [3.8, 4) is 5.75 Å². The van der Waals surface area contributed by atoms with Gasteiger partial charge < -0.3 is 15.0 Å². The predicted molar refractivity (Wildman–Crippen MR) is 67.9 cm³/mol. The molecule has 1 aromatic carbocycles. The smallest absolute Gasteiger partial charge is 0.225 e. The average molecular weight is 272 g/mol. The lowest BCUT2D eigenvalue weighted by atomic mass is 10.2. The maximum Gasteiger partial charge on any atom is 0.225 e. The first kappa shape index (κ1) is 15.4. The molecular weight excluding hydrogens is 254 g/mol. The summed E-state index contributed by atoms with van der Waals surface area (Å²) in [6.45, 7) is 0.309.